The van der Waals surface area contributed by atoms with E-state index < -0.39 is 5.41 Å². The molecule has 6 nitrogen and oxygen atoms in total. The Bertz CT molecular complexity index is 714. The van der Waals surface area contributed by atoms with Gasteiger partial charge < -0.3 is 20.3 Å². The van der Waals surface area contributed by atoms with Gasteiger partial charge in [0.15, 0.2) is 0 Å². The van der Waals surface area contributed by atoms with Crippen LogP contribution in [-0.4, -0.2) is 49.1 Å². The molecular weight excluding hydrogens is 354 g/mol. The summed E-state index contributed by atoms with van der Waals surface area (Å²) in [5.74, 6) is 1.30. The summed E-state index contributed by atoms with van der Waals surface area (Å²) in [7, 11) is 1.65. The third-order valence-corrected chi connectivity index (χ3v) is 5.74. The summed E-state index contributed by atoms with van der Waals surface area (Å²) < 4.78 is 5.46. The molecule has 0 atom stereocenters. The topological polar surface area (TPSA) is 70.7 Å². The molecule has 1 aliphatic heterocycles. The van der Waals surface area contributed by atoms with Crippen LogP contribution in [0.1, 0.15) is 52.0 Å². The third-order valence-electron chi connectivity index (χ3n) is 5.74. The van der Waals surface area contributed by atoms with E-state index in [0.29, 0.717) is 12.5 Å². The number of carbonyl (C=O) groups excluding carboxylic acids is 2. The Balaban J connectivity index is 1.49. The first kappa shape index (κ1) is 20.5. The Morgan fingerprint density at radius 3 is 2.39 bits per heavy atom. The maximum Gasteiger partial charge on any atom is 0.317 e. The molecule has 1 heterocycles. The lowest BCUT2D eigenvalue weighted by atomic mass is 9.92. The molecular formula is C22H33N3O3. The molecule has 2 N–H and O–H groups in total. The van der Waals surface area contributed by atoms with E-state index in [1.807, 2.05) is 49.9 Å². The number of hydrogen-bond donors (Lipinski definition) is 2. The molecule has 2 fully saturated rings. The van der Waals surface area contributed by atoms with Crippen LogP contribution in [0.2, 0.25) is 0 Å². The van der Waals surface area contributed by atoms with Crippen LogP contribution in [0.15, 0.2) is 24.3 Å². The minimum Gasteiger partial charge on any atom is -0.496 e. The van der Waals surface area contributed by atoms with Crippen molar-refractivity contribution in [2.45, 2.75) is 57.4 Å². The highest BCUT2D eigenvalue weighted by Crippen LogP contribution is 2.51. The molecule has 6 heteroatoms. The van der Waals surface area contributed by atoms with Crippen LogP contribution >= 0.6 is 0 Å². The Hall–Kier alpha value is -2.24. The van der Waals surface area contributed by atoms with E-state index in [9.17, 15) is 9.59 Å². The van der Waals surface area contributed by atoms with Crippen LogP contribution in [0.4, 0.5) is 4.79 Å². The summed E-state index contributed by atoms with van der Waals surface area (Å²) in [4.78, 5) is 27.1. The van der Waals surface area contributed by atoms with Gasteiger partial charge in [0.2, 0.25) is 5.91 Å². The first-order valence-electron chi connectivity index (χ1n) is 10.2. The highest BCUT2D eigenvalue weighted by Gasteiger charge is 2.52. The average Bonchev–Trinajstić information content (AvgIpc) is 3.47. The maximum atomic E-state index is 12.9. The molecule has 2 aliphatic rings. The highest BCUT2D eigenvalue weighted by atomic mass is 16.5. The predicted octanol–water partition coefficient (Wildman–Crippen LogP) is 3.06. The van der Waals surface area contributed by atoms with Crippen molar-refractivity contribution in [1.29, 1.82) is 0 Å². The van der Waals surface area contributed by atoms with Gasteiger partial charge in [-0.25, -0.2) is 4.79 Å². The van der Waals surface area contributed by atoms with Crippen LogP contribution in [0.25, 0.3) is 0 Å². The number of nitrogens with one attached hydrogen (secondary N) is 2. The van der Waals surface area contributed by atoms with Crippen molar-refractivity contribution in [3.8, 4) is 5.75 Å². The first-order valence-corrected chi connectivity index (χ1v) is 10.2. The Kier molecular flexibility index (Phi) is 5.87. The SMILES string of the molecule is COc1ccccc1C1(C(=O)NCC2CCN(C(=O)NC(C)(C)C)CC2)CC1. The zero-order valence-corrected chi connectivity index (χ0v) is 17.5. The number of amides is 3. The quantitative estimate of drug-likeness (QED) is 0.816. The van der Waals surface area contributed by atoms with Crippen LogP contribution in [0.3, 0.4) is 0 Å². The van der Waals surface area contributed by atoms with E-state index in [0.717, 1.165) is 50.1 Å². The van der Waals surface area contributed by atoms with Crippen LogP contribution in [-0.2, 0) is 10.2 Å². The first-order chi connectivity index (χ1) is 13.2. The summed E-state index contributed by atoms with van der Waals surface area (Å²) in [5.41, 5.74) is 0.336. The number of para-hydroxylation sites is 1. The van der Waals surface area contributed by atoms with Gasteiger partial charge in [-0.15, -0.1) is 0 Å². The highest BCUT2D eigenvalue weighted by molar-refractivity contribution is 5.92. The monoisotopic (exact) mass is 387 g/mol. The second kappa shape index (κ2) is 8.02. The zero-order chi connectivity index (χ0) is 20.4. The standard InChI is InChI=1S/C22H33N3O3/c1-21(2,3)24-20(27)25-13-9-16(10-14-25)15-23-19(26)22(11-12-22)17-7-5-6-8-18(17)28-4/h5-8,16H,9-15H2,1-4H3,(H,23,26)(H,24,27). The maximum absolute atomic E-state index is 12.9. The molecule has 0 aromatic heterocycles. The molecule has 1 aliphatic carbocycles. The summed E-state index contributed by atoms with van der Waals surface area (Å²) in [5, 5.41) is 6.19. The van der Waals surface area contributed by atoms with Crippen molar-refractivity contribution in [3.63, 3.8) is 0 Å². The van der Waals surface area contributed by atoms with E-state index in [2.05, 4.69) is 10.6 Å². The number of methoxy groups -OCH3 is 1. The number of hydrogen-bond acceptors (Lipinski definition) is 3. The Labute approximate surface area is 168 Å². The molecule has 0 bridgehead atoms. The number of piperidine rings is 1. The molecule has 3 rings (SSSR count). The normalized spacial score (nSPS) is 19.1. The average molecular weight is 388 g/mol. The lowest BCUT2D eigenvalue weighted by Gasteiger charge is -2.34. The molecule has 28 heavy (non-hydrogen) atoms. The van der Waals surface area contributed by atoms with Crippen LogP contribution in [0.5, 0.6) is 5.75 Å². The number of benzene rings is 1. The largest absolute Gasteiger partial charge is 0.496 e. The van der Waals surface area contributed by atoms with E-state index in [4.69, 9.17) is 4.74 Å². The molecule has 0 spiro atoms. The number of rotatable bonds is 5. The van der Waals surface area contributed by atoms with E-state index >= 15 is 0 Å². The molecule has 3 amide bonds. The van der Waals surface area contributed by atoms with Crippen LogP contribution in [0, 0.1) is 5.92 Å². The summed E-state index contributed by atoms with van der Waals surface area (Å²) in [6.45, 7) is 8.11. The Morgan fingerprint density at radius 2 is 1.82 bits per heavy atom. The number of likely N-dealkylation sites (tertiary alicyclic amines) is 1. The van der Waals surface area contributed by atoms with Crippen molar-refractivity contribution in [1.82, 2.24) is 15.5 Å². The van der Waals surface area contributed by atoms with Gasteiger partial charge in [0.05, 0.1) is 12.5 Å². The van der Waals surface area contributed by atoms with Crippen molar-refractivity contribution < 1.29 is 14.3 Å². The minimum absolute atomic E-state index is 0.00286. The number of urea groups is 1. The molecule has 1 aromatic carbocycles. The van der Waals surface area contributed by atoms with Gasteiger partial charge in [-0.1, -0.05) is 18.2 Å². The fourth-order valence-electron chi connectivity index (χ4n) is 3.93. The van der Waals surface area contributed by atoms with Crippen molar-refractivity contribution >= 4 is 11.9 Å². The number of nitrogens with zero attached hydrogens (tertiary/aromatic N) is 1. The summed E-state index contributed by atoms with van der Waals surface area (Å²) in [6, 6.07) is 7.81. The van der Waals surface area contributed by atoms with Gasteiger partial charge in [-0.2, -0.15) is 0 Å². The summed E-state index contributed by atoms with van der Waals surface area (Å²) >= 11 is 0. The fourth-order valence-corrected chi connectivity index (χ4v) is 3.93. The third kappa shape index (κ3) is 4.59. The molecule has 1 aromatic rings. The van der Waals surface area contributed by atoms with Crippen LogP contribution < -0.4 is 15.4 Å². The lowest BCUT2D eigenvalue weighted by molar-refractivity contribution is -0.123. The van der Waals surface area contributed by atoms with E-state index in [1.165, 1.54) is 0 Å². The number of ether oxygens (including phenoxy) is 1. The molecule has 1 saturated carbocycles. The lowest BCUT2D eigenvalue weighted by Crippen LogP contribution is -2.51. The molecule has 0 unspecified atom stereocenters. The van der Waals surface area contributed by atoms with Crippen molar-refractivity contribution in [2.75, 3.05) is 26.7 Å². The van der Waals surface area contributed by atoms with Gasteiger partial charge in [0.25, 0.3) is 0 Å². The summed E-state index contributed by atoms with van der Waals surface area (Å²) in [6.07, 6.45) is 3.56. The van der Waals surface area contributed by atoms with Gasteiger partial charge >= 0.3 is 6.03 Å². The fraction of sp³-hybridized carbons (Fsp3) is 0.636. The minimum atomic E-state index is -0.431. The van der Waals surface area contributed by atoms with Crippen molar-refractivity contribution in [3.05, 3.63) is 29.8 Å². The number of carbonyl (C=O) groups is 2. The Morgan fingerprint density at radius 1 is 1.18 bits per heavy atom. The predicted molar refractivity (Wildman–Crippen MR) is 109 cm³/mol. The molecule has 0 radical (unpaired) electrons. The van der Waals surface area contributed by atoms with E-state index in [1.54, 1.807) is 7.11 Å². The second-order valence-electron chi connectivity index (χ2n) is 9.10. The van der Waals surface area contributed by atoms with Gasteiger partial charge in [0, 0.05) is 30.7 Å². The molecule has 1 saturated heterocycles. The van der Waals surface area contributed by atoms with Gasteiger partial charge in [0.1, 0.15) is 5.75 Å². The molecule has 154 valence electrons. The van der Waals surface area contributed by atoms with Gasteiger partial charge in [-0.05, 0) is 58.4 Å². The van der Waals surface area contributed by atoms with E-state index in [-0.39, 0.29) is 17.5 Å². The smallest absolute Gasteiger partial charge is 0.317 e. The zero-order valence-electron chi connectivity index (χ0n) is 17.5. The second-order valence-corrected chi connectivity index (χ2v) is 9.10. The van der Waals surface area contributed by atoms with Crippen molar-refractivity contribution in [2.24, 2.45) is 5.92 Å². The van der Waals surface area contributed by atoms with Gasteiger partial charge in [-0.3, -0.25) is 4.79 Å².